The van der Waals surface area contributed by atoms with Crippen LogP contribution in [0.4, 0.5) is 23.7 Å². The Kier molecular flexibility index (Phi) is 10.3. The molecule has 0 bridgehead atoms. The molecular weight excluding hydrogens is 581 g/mol. The predicted molar refractivity (Wildman–Crippen MR) is 160 cm³/mol. The van der Waals surface area contributed by atoms with Crippen molar-refractivity contribution < 1.29 is 27.5 Å². The molecular formula is C30H37F3N6O3S. The van der Waals surface area contributed by atoms with E-state index in [0.717, 1.165) is 30.0 Å². The molecule has 2 heterocycles. The Balaban J connectivity index is 2.24. The molecule has 9 nitrogen and oxygen atoms in total. The summed E-state index contributed by atoms with van der Waals surface area (Å²) in [5, 5.41) is 10.3. The van der Waals surface area contributed by atoms with Crippen LogP contribution in [0.5, 0.6) is 0 Å². The van der Waals surface area contributed by atoms with Crippen LogP contribution in [-0.4, -0.2) is 38.6 Å². The summed E-state index contributed by atoms with van der Waals surface area (Å²) in [6.07, 6.45) is -2.88. The molecule has 0 N–H and O–H groups in total. The number of alkyl halides is 3. The van der Waals surface area contributed by atoms with E-state index >= 15 is 0 Å². The molecule has 2 amide bonds. The van der Waals surface area contributed by atoms with E-state index in [2.05, 4.69) is 20.2 Å². The maximum Gasteiger partial charge on any atom is 0.435 e. The van der Waals surface area contributed by atoms with E-state index in [4.69, 9.17) is 4.74 Å². The highest BCUT2D eigenvalue weighted by Crippen LogP contribution is 2.34. The first-order chi connectivity index (χ1) is 19.9. The number of aryl methyl sites for hydroxylation is 2. The summed E-state index contributed by atoms with van der Waals surface area (Å²) in [5.41, 5.74) is -2.04. The molecule has 0 fully saturated rings. The number of ether oxygens (including phenoxy) is 1. The van der Waals surface area contributed by atoms with Crippen molar-refractivity contribution >= 4 is 35.2 Å². The van der Waals surface area contributed by atoms with Gasteiger partial charge in [0.1, 0.15) is 10.6 Å². The zero-order valence-electron chi connectivity index (χ0n) is 25.6. The SMILES string of the molecule is CCCCn1nc(C(C)(C)C)s/c1=N\C(=O)c1cc(C(F)(F)F)ccc1N(/N=C/c1cccc(C)n1)C(=O)OC(C)(C)C. The van der Waals surface area contributed by atoms with E-state index in [1.54, 1.807) is 50.6 Å². The largest absolute Gasteiger partial charge is 0.442 e. The molecule has 0 aliphatic rings. The average Bonchev–Trinajstić information content (AvgIpc) is 3.29. The zero-order valence-corrected chi connectivity index (χ0v) is 26.4. The number of amides is 2. The summed E-state index contributed by atoms with van der Waals surface area (Å²) in [4.78, 5) is 35.8. The van der Waals surface area contributed by atoms with Gasteiger partial charge in [0.15, 0.2) is 0 Å². The maximum atomic E-state index is 13.8. The van der Waals surface area contributed by atoms with Crippen molar-refractivity contribution in [3.8, 4) is 0 Å². The van der Waals surface area contributed by atoms with Gasteiger partial charge in [-0.2, -0.15) is 33.4 Å². The maximum absolute atomic E-state index is 13.8. The Morgan fingerprint density at radius 1 is 1.09 bits per heavy atom. The van der Waals surface area contributed by atoms with Crippen molar-refractivity contribution in [3.05, 3.63) is 68.7 Å². The van der Waals surface area contributed by atoms with Crippen LogP contribution in [0.3, 0.4) is 0 Å². The van der Waals surface area contributed by atoms with Crippen molar-refractivity contribution in [2.75, 3.05) is 5.01 Å². The van der Waals surface area contributed by atoms with E-state index < -0.39 is 34.9 Å². The van der Waals surface area contributed by atoms with Crippen LogP contribution in [0.15, 0.2) is 46.5 Å². The lowest BCUT2D eigenvalue weighted by Gasteiger charge is -2.25. The number of carbonyl (C=O) groups excluding carboxylic acids is 2. The molecule has 3 aromatic rings. The Hall–Kier alpha value is -3.87. The molecule has 0 aliphatic carbocycles. The van der Waals surface area contributed by atoms with Gasteiger partial charge in [-0.05, 0) is 64.4 Å². The minimum atomic E-state index is -4.76. The molecule has 3 rings (SSSR count). The third-order valence-corrected chi connectivity index (χ3v) is 7.12. The molecule has 13 heteroatoms. The number of pyridine rings is 1. The van der Waals surface area contributed by atoms with Crippen LogP contribution < -0.4 is 9.81 Å². The molecule has 0 spiro atoms. The number of hydrazone groups is 1. The van der Waals surface area contributed by atoms with E-state index in [0.29, 0.717) is 29.0 Å². The number of benzene rings is 1. The normalized spacial score (nSPS) is 13.0. The van der Waals surface area contributed by atoms with E-state index in [1.807, 2.05) is 27.7 Å². The van der Waals surface area contributed by atoms with Crippen molar-refractivity contribution in [3.63, 3.8) is 0 Å². The third kappa shape index (κ3) is 9.31. The van der Waals surface area contributed by atoms with Gasteiger partial charge in [0.05, 0.1) is 28.7 Å². The smallest absolute Gasteiger partial charge is 0.435 e. The standard InChI is InChI=1S/C30H37F3N6O3S/c1-9-10-16-38-26(43-25(37-38)28(3,4)5)36-24(40)22-17-20(30(31,32)33)14-15-23(22)39(27(41)42-29(6,7)8)34-18-21-13-11-12-19(2)35-21/h11-15,17-18H,9-10,16H2,1-8H3/b34-18+,36-26-. The number of hydrogen-bond acceptors (Lipinski definition) is 7. The summed E-state index contributed by atoms with van der Waals surface area (Å²) < 4.78 is 48.5. The minimum absolute atomic E-state index is 0.236. The monoisotopic (exact) mass is 618 g/mol. The van der Waals surface area contributed by atoms with Crippen molar-refractivity contribution in [2.45, 2.75) is 92.0 Å². The van der Waals surface area contributed by atoms with Gasteiger partial charge in [-0.1, -0.05) is 51.5 Å². The van der Waals surface area contributed by atoms with Crippen molar-refractivity contribution in [1.29, 1.82) is 0 Å². The van der Waals surface area contributed by atoms with Crippen LogP contribution in [0.25, 0.3) is 0 Å². The Bertz CT molecular complexity index is 1560. The second-order valence-electron chi connectivity index (χ2n) is 11.9. The number of hydrogen-bond donors (Lipinski definition) is 0. The Morgan fingerprint density at radius 3 is 2.37 bits per heavy atom. The summed E-state index contributed by atoms with van der Waals surface area (Å²) >= 11 is 1.19. The van der Waals surface area contributed by atoms with E-state index in [-0.39, 0.29) is 15.9 Å². The fourth-order valence-electron chi connectivity index (χ4n) is 3.63. The Morgan fingerprint density at radius 2 is 1.79 bits per heavy atom. The van der Waals surface area contributed by atoms with Crippen LogP contribution in [0.2, 0.25) is 0 Å². The quantitative estimate of drug-likeness (QED) is 0.205. The lowest BCUT2D eigenvalue weighted by atomic mass is 9.98. The van der Waals surface area contributed by atoms with Crippen LogP contribution in [0.1, 0.15) is 93.6 Å². The molecule has 0 saturated heterocycles. The summed E-state index contributed by atoms with van der Waals surface area (Å²) in [6, 6.07) is 7.60. The molecule has 0 radical (unpaired) electrons. The topological polar surface area (TPSA) is 102 Å². The van der Waals surface area contributed by atoms with Crippen molar-refractivity contribution in [2.24, 2.45) is 10.1 Å². The molecule has 0 atom stereocenters. The summed E-state index contributed by atoms with van der Waals surface area (Å²) in [6.45, 7) is 15.0. The molecule has 0 aliphatic heterocycles. The molecule has 2 aromatic heterocycles. The fraction of sp³-hybridized carbons (Fsp3) is 0.467. The summed E-state index contributed by atoms with van der Waals surface area (Å²) in [7, 11) is 0. The first-order valence-electron chi connectivity index (χ1n) is 13.8. The molecule has 0 saturated carbocycles. The zero-order chi connectivity index (χ0) is 32.2. The van der Waals surface area contributed by atoms with E-state index in [1.165, 1.54) is 17.6 Å². The predicted octanol–water partition coefficient (Wildman–Crippen LogP) is 7.28. The number of nitrogens with zero attached hydrogens (tertiary/aromatic N) is 6. The average molecular weight is 619 g/mol. The van der Waals surface area contributed by atoms with Gasteiger partial charge >= 0.3 is 12.3 Å². The number of aromatic nitrogens is 3. The number of halogens is 3. The van der Waals surface area contributed by atoms with Gasteiger partial charge in [-0.3, -0.25) is 9.78 Å². The summed E-state index contributed by atoms with van der Waals surface area (Å²) in [5.74, 6) is -0.993. The van der Waals surface area contributed by atoms with Crippen LogP contribution in [0, 0.1) is 6.92 Å². The van der Waals surface area contributed by atoms with Gasteiger partial charge in [0.25, 0.3) is 5.91 Å². The molecule has 0 unspecified atom stereocenters. The van der Waals surface area contributed by atoms with E-state index in [9.17, 15) is 22.8 Å². The van der Waals surface area contributed by atoms with Crippen LogP contribution >= 0.6 is 11.3 Å². The first-order valence-corrected chi connectivity index (χ1v) is 14.6. The molecule has 232 valence electrons. The van der Waals surface area contributed by atoms with Crippen LogP contribution in [-0.2, 0) is 22.9 Å². The highest BCUT2D eigenvalue weighted by molar-refractivity contribution is 7.09. The fourth-order valence-corrected chi connectivity index (χ4v) is 4.61. The third-order valence-electron chi connectivity index (χ3n) is 5.75. The second-order valence-corrected chi connectivity index (χ2v) is 12.9. The van der Waals surface area contributed by atoms with Crippen molar-refractivity contribution in [1.82, 2.24) is 14.8 Å². The molecule has 1 aromatic carbocycles. The highest BCUT2D eigenvalue weighted by Gasteiger charge is 2.34. The van der Waals surface area contributed by atoms with Gasteiger partial charge in [0, 0.05) is 17.7 Å². The minimum Gasteiger partial charge on any atom is -0.442 e. The number of carbonyl (C=O) groups is 2. The van der Waals surface area contributed by atoms with Gasteiger partial charge in [-0.25, -0.2) is 9.48 Å². The van der Waals surface area contributed by atoms with Gasteiger partial charge < -0.3 is 4.74 Å². The first kappa shape index (κ1) is 33.6. The second kappa shape index (κ2) is 13.2. The Labute approximate surface area is 253 Å². The lowest BCUT2D eigenvalue weighted by Crippen LogP contribution is -2.34. The number of anilines is 1. The van der Waals surface area contributed by atoms with Gasteiger partial charge in [-0.15, -0.1) is 0 Å². The van der Waals surface area contributed by atoms with Gasteiger partial charge in [0.2, 0.25) is 4.80 Å². The number of unbranched alkanes of at least 4 members (excludes halogenated alkanes) is 1. The molecule has 43 heavy (non-hydrogen) atoms. The number of rotatable bonds is 7. The highest BCUT2D eigenvalue weighted by atomic mass is 32.1. The lowest BCUT2D eigenvalue weighted by molar-refractivity contribution is -0.137.